The monoisotopic (exact) mass is 444 g/mol. The molecule has 3 aromatic rings. The second-order valence-electron chi connectivity index (χ2n) is 8.09. The first-order chi connectivity index (χ1) is 15.0. The summed E-state index contributed by atoms with van der Waals surface area (Å²) < 4.78 is 26.3. The minimum Gasteiger partial charge on any atom is -0.393 e. The lowest BCUT2D eigenvalue weighted by molar-refractivity contribution is 0.121. The molecule has 1 aliphatic carbocycles. The van der Waals surface area contributed by atoms with Gasteiger partial charge in [0.25, 0.3) is 0 Å². The molecule has 1 fully saturated rings. The lowest BCUT2D eigenvalue weighted by atomic mass is 9.85. The number of aromatic nitrogens is 4. The molecule has 1 aliphatic rings. The Hall–Kier alpha value is -2.56. The summed E-state index contributed by atoms with van der Waals surface area (Å²) in [7, 11) is -0.569. The number of anilines is 1. The molecule has 3 heterocycles. The number of fused-ring (bicyclic) bond motifs is 1. The fourth-order valence-electron chi connectivity index (χ4n) is 4.17. The minimum absolute atomic E-state index is 0.0556. The van der Waals surface area contributed by atoms with Crippen LogP contribution < -0.4 is 5.32 Å². The highest BCUT2D eigenvalue weighted by atomic mass is 32.2. The van der Waals surface area contributed by atoms with Gasteiger partial charge in [-0.25, -0.2) is 13.7 Å². The smallest absolute Gasteiger partial charge is 0.241 e. The molecule has 3 N–H and O–H groups in total. The molecule has 0 saturated heterocycles. The SMILES string of the molecule is COC[C@H](C)Nc1ncc2c(-c3cncc([SH](=N)=O)c3)cc([C@H]3CC[C@@H](O)CC3)n2n1. The van der Waals surface area contributed by atoms with Crippen LogP contribution in [-0.2, 0) is 15.3 Å². The van der Waals surface area contributed by atoms with Gasteiger partial charge in [-0.3, -0.25) is 9.76 Å². The van der Waals surface area contributed by atoms with E-state index < -0.39 is 10.6 Å². The van der Waals surface area contributed by atoms with E-state index in [4.69, 9.17) is 14.6 Å². The first-order valence-corrected chi connectivity index (χ1v) is 11.7. The van der Waals surface area contributed by atoms with E-state index >= 15 is 0 Å². The molecule has 2 atom stereocenters. The predicted molar refractivity (Wildman–Crippen MR) is 119 cm³/mol. The van der Waals surface area contributed by atoms with E-state index in [1.807, 2.05) is 11.4 Å². The van der Waals surface area contributed by atoms with Crippen molar-refractivity contribution < 1.29 is 14.1 Å². The maximum Gasteiger partial charge on any atom is 0.241 e. The van der Waals surface area contributed by atoms with Gasteiger partial charge in [-0.2, -0.15) is 0 Å². The predicted octanol–water partition coefficient (Wildman–Crippen LogP) is 2.86. The summed E-state index contributed by atoms with van der Waals surface area (Å²) in [5.41, 5.74) is 3.56. The Bertz CT molecular complexity index is 1130. The first kappa shape index (κ1) is 21.7. The Morgan fingerprint density at radius 3 is 2.77 bits per heavy atom. The third kappa shape index (κ3) is 4.70. The number of hydrogen-bond donors (Lipinski definition) is 4. The standard InChI is InChI=1S/C21H28N6O3S/c1-13(12-30-2)25-21-24-11-20-18(15-7-17(31(22)29)10-23-9-15)8-19(27(20)26-21)14-3-5-16(28)6-4-14/h7-11,13-14,16,22,28,31H,3-6,12H2,1-2H3,(H,25,26)/t13-,14-,16+/m0/s1. The molecule has 31 heavy (non-hydrogen) atoms. The molecular weight excluding hydrogens is 416 g/mol. The summed E-state index contributed by atoms with van der Waals surface area (Å²) >= 11 is 0. The molecule has 10 heteroatoms. The minimum atomic E-state index is -2.22. The number of aliphatic hydroxyl groups is 1. The maximum atomic E-state index is 11.7. The molecule has 3 aromatic heterocycles. The number of ether oxygens (including phenoxy) is 1. The van der Waals surface area contributed by atoms with Crippen molar-refractivity contribution in [1.29, 1.82) is 4.78 Å². The first-order valence-electron chi connectivity index (χ1n) is 10.4. The molecular formula is C21H28N6O3S. The molecule has 9 nitrogen and oxygen atoms in total. The van der Waals surface area contributed by atoms with Crippen LogP contribution in [0.4, 0.5) is 5.95 Å². The molecule has 0 amide bonds. The van der Waals surface area contributed by atoms with Crippen LogP contribution in [0, 0.1) is 4.78 Å². The van der Waals surface area contributed by atoms with Crippen LogP contribution in [0.2, 0.25) is 0 Å². The van der Waals surface area contributed by atoms with Crippen LogP contribution in [0.1, 0.15) is 44.2 Å². The fourth-order valence-corrected chi connectivity index (χ4v) is 4.60. The average Bonchev–Trinajstić information content (AvgIpc) is 3.13. The van der Waals surface area contributed by atoms with Gasteiger partial charge in [0.05, 0.1) is 39.9 Å². The summed E-state index contributed by atoms with van der Waals surface area (Å²) in [6.45, 7) is 2.54. The van der Waals surface area contributed by atoms with E-state index in [-0.39, 0.29) is 18.1 Å². The molecule has 166 valence electrons. The van der Waals surface area contributed by atoms with Crippen molar-refractivity contribution in [1.82, 2.24) is 19.6 Å². The Morgan fingerprint density at radius 1 is 1.29 bits per heavy atom. The van der Waals surface area contributed by atoms with Crippen LogP contribution in [0.5, 0.6) is 0 Å². The van der Waals surface area contributed by atoms with Gasteiger partial charge in [0.1, 0.15) is 0 Å². The Labute approximate surface area is 182 Å². The van der Waals surface area contributed by atoms with Gasteiger partial charge in [0.2, 0.25) is 5.95 Å². The second-order valence-corrected chi connectivity index (χ2v) is 9.20. The number of thiol groups is 1. The third-order valence-corrected chi connectivity index (χ3v) is 6.43. The largest absolute Gasteiger partial charge is 0.393 e. The number of methoxy groups -OCH3 is 1. The molecule has 0 aromatic carbocycles. The third-order valence-electron chi connectivity index (χ3n) is 5.72. The van der Waals surface area contributed by atoms with E-state index in [9.17, 15) is 9.32 Å². The van der Waals surface area contributed by atoms with Crippen LogP contribution in [0.3, 0.4) is 0 Å². The normalized spacial score (nSPS) is 21.1. The average molecular weight is 445 g/mol. The number of nitrogens with one attached hydrogen (secondary N) is 2. The molecule has 0 bridgehead atoms. The second kappa shape index (κ2) is 9.29. The number of nitrogens with zero attached hydrogens (tertiary/aromatic N) is 4. The van der Waals surface area contributed by atoms with Gasteiger partial charge in [-0.15, -0.1) is 5.10 Å². The Kier molecular flexibility index (Phi) is 6.49. The lowest BCUT2D eigenvalue weighted by Crippen LogP contribution is -2.23. The molecule has 0 radical (unpaired) electrons. The number of hydrogen-bond acceptors (Lipinski definition) is 8. The maximum absolute atomic E-state index is 11.7. The summed E-state index contributed by atoms with van der Waals surface area (Å²) in [4.78, 5) is 9.07. The molecule has 1 unspecified atom stereocenters. The lowest BCUT2D eigenvalue weighted by Gasteiger charge is -2.25. The molecule has 1 saturated carbocycles. The Balaban J connectivity index is 1.80. The van der Waals surface area contributed by atoms with Gasteiger partial charge in [0, 0.05) is 48.3 Å². The van der Waals surface area contributed by atoms with Crippen LogP contribution in [-0.4, -0.2) is 54.8 Å². The van der Waals surface area contributed by atoms with E-state index in [0.29, 0.717) is 17.5 Å². The van der Waals surface area contributed by atoms with Gasteiger partial charge < -0.3 is 15.2 Å². The number of aliphatic hydroxyl groups excluding tert-OH is 1. The quantitative estimate of drug-likeness (QED) is 0.413. The van der Waals surface area contributed by atoms with Crippen LogP contribution in [0.25, 0.3) is 16.6 Å². The van der Waals surface area contributed by atoms with E-state index in [0.717, 1.165) is 48.0 Å². The molecule has 4 rings (SSSR count). The summed E-state index contributed by atoms with van der Waals surface area (Å²) in [5.74, 6) is 0.783. The van der Waals surface area contributed by atoms with Gasteiger partial charge in [-0.05, 0) is 44.7 Å². The van der Waals surface area contributed by atoms with Crippen molar-refractivity contribution in [3.05, 3.63) is 36.4 Å². The summed E-state index contributed by atoms with van der Waals surface area (Å²) in [6, 6.07) is 3.89. The van der Waals surface area contributed by atoms with Crippen molar-refractivity contribution in [2.45, 2.75) is 55.6 Å². The molecule has 0 aliphatic heterocycles. The van der Waals surface area contributed by atoms with Crippen molar-refractivity contribution in [3.8, 4) is 11.1 Å². The van der Waals surface area contributed by atoms with Crippen molar-refractivity contribution >= 4 is 22.1 Å². The highest BCUT2D eigenvalue weighted by molar-refractivity contribution is 7.73. The van der Waals surface area contributed by atoms with Gasteiger partial charge in [-0.1, -0.05) is 0 Å². The van der Waals surface area contributed by atoms with Crippen molar-refractivity contribution in [3.63, 3.8) is 0 Å². The van der Waals surface area contributed by atoms with E-state index in [2.05, 4.69) is 21.4 Å². The topological polar surface area (TPSA) is 125 Å². The highest BCUT2D eigenvalue weighted by Crippen LogP contribution is 2.37. The van der Waals surface area contributed by atoms with Gasteiger partial charge in [0.15, 0.2) is 0 Å². The van der Waals surface area contributed by atoms with Crippen molar-refractivity contribution in [2.24, 2.45) is 0 Å². The summed E-state index contributed by atoms with van der Waals surface area (Å²) in [5, 5.41) is 18.0. The number of rotatable bonds is 7. The molecule has 0 spiro atoms. The zero-order chi connectivity index (χ0) is 22.0. The van der Waals surface area contributed by atoms with Crippen LogP contribution >= 0.6 is 0 Å². The zero-order valence-corrected chi connectivity index (χ0v) is 18.5. The highest BCUT2D eigenvalue weighted by Gasteiger charge is 2.25. The van der Waals surface area contributed by atoms with Crippen LogP contribution in [0.15, 0.2) is 35.6 Å². The van der Waals surface area contributed by atoms with E-state index in [1.54, 1.807) is 25.6 Å². The Morgan fingerprint density at radius 2 is 2.06 bits per heavy atom. The fraction of sp³-hybridized carbons (Fsp3) is 0.476. The van der Waals surface area contributed by atoms with Crippen molar-refractivity contribution in [2.75, 3.05) is 19.0 Å². The van der Waals surface area contributed by atoms with E-state index in [1.165, 1.54) is 6.20 Å². The summed E-state index contributed by atoms with van der Waals surface area (Å²) in [6.07, 6.45) is 8.02. The van der Waals surface area contributed by atoms with Gasteiger partial charge >= 0.3 is 0 Å². The zero-order valence-electron chi connectivity index (χ0n) is 17.7. The number of pyridine rings is 1.